The van der Waals surface area contributed by atoms with E-state index in [9.17, 15) is 4.79 Å². The van der Waals surface area contributed by atoms with Gasteiger partial charge in [-0.05, 0) is 50.9 Å². The first-order valence-corrected chi connectivity index (χ1v) is 10.3. The fourth-order valence-corrected chi connectivity index (χ4v) is 3.37. The molecule has 0 aliphatic carbocycles. The Morgan fingerprint density at radius 3 is 2.86 bits per heavy atom. The zero-order valence-electron chi connectivity index (χ0n) is 17.3. The molecule has 2 heterocycles. The van der Waals surface area contributed by atoms with Gasteiger partial charge in [0.1, 0.15) is 5.75 Å². The fraction of sp³-hybridized carbons (Fsp3) is 0.571. The monoisotopic (exact) mass is 421 g/mol. The van der Waals surface area contributed by atoms with Crippen LogP contribution in [0.2, 0.25) is 0 Å². The third-order valence-corrected chi connectivity index (χ3v) is 5.09. The van der Waals surface area contributed by atoms with E-state index < -0.39 is 0 Å². The number of carbonyl (C=O) groups is 1. The molecule has 2 N–H and O–H groups in total. The molecule has 8 heteroatoms. The fourth-order valence-electron chi connectivity index (χ4n) is 3.37. The van der Waals surface area contributed by atoms with E-state index in [1.807, 2.05) is 29.8 Å². The van der Waals surface area contributed by atoms with Crippen LogP contribution >= 0.6 is 12.4 Å². The van der Waals surface area contributed by atoms with E-state index >= 15 is 0 Å². The van der Waals surface area contributed by atoms with E-state index in [2.05, 4.69) is 27.9 Å². The van der Waals surface area contributed by atoms with Gasteiger partial charge in [0, 0.05) is 12.1 Å². The van der Waals surface area contributed by atoms with Crippen molar-refractivity contribution >= 4 is 18.3 Å². The zero-order chi connectivity index (χ0) is 19.8. The van der Waals surface area contributed by atoms with Crippen molar-refractivity contribution in [2.45, 2.75) is 58.5 Å². The van der Waals surface area contributed by atoms with E-state index in [4.69, 9.17) is 4.74 Å². The molecule has 1 aromatic carbocycles. The molecule has 1 fully saturated rings. The third-order valence-electron chi connectivity index (χ3n) is 5.09. The van der Waals surface area contributed by atoms with E-state index in [1.54, 1.807) is 6.20 Å². The number of carbonyl (C=O) groups excluding carboxylic acids is 1. The summed E-state index contributed by atoms with van der Waals surface area (Å²) in [7, 11) is 0. The third kappa shape index (κ3) is 6.72. The molecule has 1 aliphatic heterocycles. The summed E-state index contributed by atoms with van der Waals surface area (Å²) in [6, 6.07) is 6.39. The lowest BCUT2D eigenvalue weighted by molar-refractivity contribution is 0.0945. The molecule has 0 spiro atoms. The minimum Gasteiger partial charge on any atom is -0.493 e. The number of benzene rings is 1. The summed E-state index contributed by atoms with van der Waals surface area (Å²) in [5.74, 6) is 0.632. The highest BCUT2D eigenvalue weighted by atomic mass is 35.5. The summed E-state index contributed by atoms with van der Waals surface area (Å²) < 4.78 is 7.78. The van der Waals surface area contributed by atoms with E-state index in [-0.39, 0.29) is 18.3 Å². The number of halogens is 1. The number of unbranched alkanes of at least 4 members (excludes halogenated alkanes) is 2. The number of nitrogens with one attached hydrogen (secondary N) is 2. The molecule has 0 unspecified atom stereocenters. The van der Waals surface area contributed by atoms with Crippen molar-refractivity contribution in [3.05, 3.63) is 41.2 Å². The van der Waals surface area contributed by atoms with Crippen molar-refractivity contribution in [2.24, 2.45) is 0 Å². The smallest absolute Gasteiger partial charge is 0.273 e. The van der Waals surface area contributed by atoms with Crippen molar-refractivity contribution in [3.8, 4) is 5.75 Å². The maximum atomic E-state index is 12.5. The van der Waals surface area contributed by atoms with Gasteiger partial charge < -0.3 is 15.4 Å². The number of ether oxygens (including phenoxy) is 1. The summed E-state index contributed by atoms with van der Waals surface area (Å²) >= 11 is 0. The van der Waals surface area contributed by atoms with Gasteiger partial charge in [-0.2, -0.15) is 0 Å². The Bertz CT molecular complexity index is 774. The van der Waals surface area contributed by atoms with E-state index in [0.29, 0.717) is 24.9 Å². The first-order chi connectivity index (χ1) is 13.7. The molecule has 1 amide bonds. The van der Waals surface area contributed by atoms with Crippen LogP contribution in [0.25, 0.3) is 0 Å². The van der Waals surface area contributed by atoms with Crippen LogP contribution in [0.5, 0.6) is 5.75 Å². The number of aromatic nitrogens is 3. The Morgan fingerprint density at radius 2 is 2.10 bits per heavy atom. The summed E-state index contributed by atoms with van der Waals surface area (Å²) in [4.78, 5) is 12.5. The highest BCUT2D eigenvalue weighted by molar-refractivity contribution is 5.91. The molecule has 29 heavy (non-hydrogen) atoms. The lowest BCUT2D eigenvalue weighted by Gasteiger charge is -2.22. The highest BCUT2D eigenvalue weighted by Gasteiger charge is 2.19. The van der Waals surface area contributed by atoms with Crippen LogP contribution < -0.4 is 15.4 Å². The first-order valence-electron chi connectivity index (χ1n) is 10.3. The zero-order valence-corrected chi connectivity index (χ0v) is 18.1. The Hall–Kier alpha value is -2.12. The Kier molecular flexibility index (Phi) is 9.41. The van der Waals surface area contributed by atoms with E-state index in [0.717, 1.165) is 62.1 Å². The SMILES string of the molecule is CCCCCOc1cc(C)ccc1CNC(=O)c1cn(C2CCNCC2)nn1.Cl. The van der Waals surface area contributed by atoms with Crippen LogP contribution in [0.4, 0.5) is 0 Å². The molecule has 1 aromatic heterocycles. The number of piperidine rings is 1. The van der Waals surface area contributed by atoms with Crippen molar-refractivity contribution in [1.82, 2.24) is 25.6 Å². The van der Waals surface area contributed by atoms with Crippen molar-refractivity contribution in [3.63, 3.8) is 0 Å². The molecule has 0 radical (unpaired) electrons. The maximum Gasteiger partial charge on any atom is 0.273 e. The van der Waals surface area contributed by atoms with Crippen LogP contribution in [0.3, 0.4) is 0 Å². The normalized spacial score (nSPS) is 14.3. The summed E-state index contributed by atoms with van der Waals surface area (Å²) in [6.45, 7) is 7.27. The minimum absolute atomic E-state index is 0. The Labute approximate surface area is 179 Å². The second kappa shape index (κ2) is 11.8. The average molecular weight is 422 g/mol. The number of nitrogens with zero attached hydrogens (tertiary/aromatic N) is 3. The Balaban J connectivity index is 0.00000300. The molecule has 7 nitrogen and oxygen atoms in total. The standard InChI is InChI=1S/C21H31N5O2.ClH/c1-3-4-5-12-28-20-13-16(2)6-7-17(20)14-23-21(27)19-15-26(25-24-19)18-8-10-22-11-9-18;/h6-7,13,15,18,22H,3-5,8-12,14H2,1-2H3,(H,23,27);1H. The maximum absolute atomic E-state index is 12.5. The number of amides is 1. The van der Waals surface area contributed by atoms with Gasteiger partial charge in [0.2, 0.25) is 0 Å². The van der Waals surface area contributed by atoms with Gasteiger partial charge >= 0.3 is 0 Å². The highest BCUT2D eigenvalue weighted by Crippen LogP contribution is 2.21. The van der Waals surface area contributed by atoms with Crippen LogP contribution in [0.15, 0.2) is 24.4 Å². The molecule has 1 saturated heterocycles. The molecular formula is C21H32ClN5O2. The van der Waals surface area contributed by atoms with Crippen molar-refractivity contribution in [2.75, 3.05) is 19.7 Å². The molecule has 0 atom stereocenters. The molecule has 3 rings (SSSR count). The quantitative estimate of drug-likeness (QED) is 0.606. The topological polar surface area (TPSA) is 81.1 Å². The predicted octanol–water partition coefficient (Wildman–Crippen LogP) is 3.43. The van der Waals surface area contributed by atoms with Gasteiger partial charge in [0.05, 0.1) is 18.8 Å². The number of hydrogen-bond donors (Lipinski definition) is 2. The van der Waals surface area contributed by atoms with Crippen molar-refractivity contribution in [1.29, 1.82) is 0 Å². The van der Waals surface area contributed by atoms with Gasteiger partial charge in [-0.3, -0.25) is 4.79 Å². The number of aryl methyl sites for hydroxylation is 1. The molecule has 0 bridgehead atoms. The summed E-state index contributed by atoms with van der Waals surface area (Å²) in [6.07, 6.45) is 7.13. The average Bonchev–Trinajstić information content (AvgIpc) is 3.21. The van der Waals surface area contributed by atoms with Crippen LogP contribution in [-0.4, -0.2) is 40.6 Å². The van der Waals surface area contributed by atoms with Crippen LogP contribution in [-0.2, 0) is 6.54 Å². The van der Waals surface area contributed by atoms with Crippen LogP contribution in [0, 0.1) is 6.92 Å². The van der Waals surface area contributed by atoms with Gasteiger partial charge in [0.25, 0.3) is 5.91 Å². The minimum atomic E-state index is -0.210. The summed E-state index contributed by atoms with van der Waals surface area (Å²) in [5, 5.41) is 14.5. The lowest BCUT2D eigenvalue weighted by atomic mass is 10.1. The summed E-state index contributed by atoms with van der Waals surface area (Å²) in [5.41, 5.74) is 2.47. The van der Waals surface area contributed by atoms with Gasteiger partial charge in [-0.1, -0.05) is 37.1 Å². The predicted molar refractivity (Wildman–Crippen MR) is 116 cm³/mol. The molecule has 160 valence electrons. The van der Waals surface area contributed by atoms with Gasteiger partial charge in [-0.25, -0.2) is 4.68 Å². The molecular weight excluding hydrogens is 390 g/mol. The number of hydrogen-bond acceptors (Lipinski definition) is 5. The van der Waals surface area contributed by atoms with Gasteiger partial charge in [0.15, 0.2) is 5.69 Å². The van der Waals surface area contributed by atoms with Crippen molar-refractivity contribution < 1.29 is 9.53 Å². The lowest BCUT2D eigenvalue weighted by Crippen LogP contribution is -2.29. The van der Waals surface area contributed by atoms with E-state index in [1.165, 1.54) is 0 Å². The first kappa shape index (κ1) is 23.2. The number of rotatable bonds is 9. The Morgan fingerprint density at radius 1 is 1.31 bits per heavy atom. The molecule has 0 saturated carbocycles. The molecule has 2 aromatic rings. The largest absolute Gasteiger partial charge is 0.493 e. The second-order valence-electron chi connectivity index (χ2n) is 7.41. The second-order valence-corrected chi connectivity index (χ2v) is 7.41. The van der Waals surface area contributed by atoms with Crippen LogP contribution in [0.1, 0.15) is 66.7 Å². The molecule has 1 aliphatic rings. The van der Waals surface area contributed by atoms with Gasteiger partial charge in [-0.15, -0.1) is 17.5 Å².